The average molecular weight is 246 g/mol. The molecule has 0 saturated heterocycles. The molecule has 2 nitrogen and oxygen atoms in total. The summed E-state index contributed by atoms with van der Waals surface area (Å²) in [4.78, 5) is 11.1. The van der Waals surface area contributed by atoms with Crippen molar-refractivity contribution in [3.63, 3.8) is 0 Å². The van der Waals surface area contributed by atoms with Gasteiger partial charge in [-0.1, -0.05) is 25.5 Å². The first-order chi connectivity index (χ1) is 8.58. The second-order valence-electron chi connectivity index (χ2n) is 5.82. The molecule has 0 bridgehead atoms. The number of aldehydes is 1. The molecule has 18 heavy (non-hydrogen) atoms. The summed E-state index contributed by atoms with van der Waals surface area (Å²) in [5.41, 5.74) is 1.76. The zero-order valence-corrected chi connectivity index (χ0v) is 11.5. The van der Waals surface area contributed by atoms with E-state index >= 15 is 0 Å². The Morgan fingerprint density at radius 2 is 1.83 bits per heavy atom. The number of ether oxygens (including phenoxy) is 1. The van der Waals surface area contributed by atoms with Gasteiger partial charge in [0.25, 0.3) is 0 Å². The Balaban J connectivity index is 2.11. The summed E-state index contributed by atoms with van der Waals surface area (Å²) < 4.78 is 6.04. The van der Waals surface area contributed by atoms with E-state index in [1.54, 1.807) is 0 Å². The van der Waals surface area contributed by atoms with Gasteiger partial charge in [-0.25, -0.2) is 0 Å². The first kappa shape index (κ1) is 13.1. The molecule has 0 N–H and O–H groups in total. The minimum atomic E-state index is 0.255. The monoisotopic (exact) mass is 246 g/mol. The van der Waals surface area contributed by atoms with Crippen LogP contribution in [0.2, 0.25) is 0 Å². The molecule has 1 aliphatic carbocycles. The number of rotatable bonds is 3. The van der Waals surface area contributed by atoms with Crippen LogP contribution in [0.4, 0.5) is 0 Å². The zero-order chi connectivity index (χ0) is 13.1. The largest absolute Gasteiger partial charge is 0.490 e. The summed E-state index contributed by atoms with van der Waals surface area (Å²) in [7, 11) is 0. The minimum Gasteiger partial charge on any atom is -0.490 e. The SMILES string of the molecule is Cc1ccc(OC2CC(C)CC(C)C2)c(C=O)c1. The molecule has 98 valence electrons. The van der Waals surface area contributed by atoms with Gasteiger partial charge in [-0.2, -0.15) is 0 Å². The smallest absolute Gasteiger partial charge is 0.153 e. The van der Waals surface area contributed by atoms with Crippen LogP contribution in [0.1, 0.15) is 49.0 Å². The van der Waals surface area contributed by atoms with Crippen LogP contribution < -0.4 is 4.74 Å². The maximum atomic E-state index is 11.1. The number of hydrogen-bond acceptors (Lipinski definition) is 2. The van der Waals surface area contributed by atoms with Crippen molar-refractivity contribution in [3.05, 3.63) is 29.3 Å². The first-order valence-electron chi connectivity index (χ1n) is 6.81. The van der Waals surface area contributed by atoms with Crippen molar-refractivity contribution in [1.29, 1.82) is 0 Å². The molecule has 1 aromatic rings. The highest BCUT2D eigenvalue weighted by atomic mass is 16.5. The van der Waals surface area contributed by atoms with E-state index in [1.807, 2.05) is 25.1 Å². The van der Waals surface area contributed by atoms with Gasteiger partial charge in [-0.15, -0.1) is 0 Å². The lowest BCUT2D eigenvalue weighted by atomic mass is 9.82. The number of hydrogen-bond donors (Lipinski definition) is 0. The van der Waals surface area contributed by atoms with Gasteiger partial charge in [0.15, 0.2) is 6.29 Å². The van der Waals surface area contributed by atoms with Crippen LogP contribution in [0.5, 0.6) is 5.75 Å². The highest BCUT2D eigenvalue weighted by molar-refractivity contribution is 5.79. The van der Waals surface area contributed by atoms with Crippen molar-refractivity contribution < 1.29 is 9.53 Å². The molecule has 0 radical (unpaired) electrons. The maximum Gasteiger partial charge on any atom is 0.153 e. The van der Waals surface area contributed by atoms with Crippen LogP contribution >= 0.6 is 0 Å². The van der Waals surface area contributed by atoms with Gasteiger partial charge < -0.3 is 4.74 Å². The Hall–Kier alpha value is -1.31. The van der Waals surface area contributed by atoms with Crippen molar-refractivity contribution in [2.75, 3.05) is 0 Å². The van der Waals surface area contributed by atoms with E-state index in [0.29, 0.717) is 17.4 Å². The zero-order valence-electron chi connectivity index (χ0n) is 11.5. The van der Waals surface area contributed by atoms with Gasteiger partial charge in [-0.05, 0) is 50.2 Å². The molecular weight excluding hydrogens is 224 g/mol. The van der Waals surface area contributed by atoms with Gasteiger partial charge >= 0.3 is 0 Å². The molecule has 1 fully saturated rings. The van der Waals surface area contributed by atoms with Crippen LogP contribution in [-0.4, -0.2) is 12.4 Å². The van der Waals surface area contributed by atoms with E-state index in [4.69, 9.17) is 4.74 Å². The van der Waals surface area contributed by atoms with Crippen LogP contribution in [0.3, 0.4) is 0 Å². The molecule has 2 heteroatoms. The van der Waals surface area contributed by atoms with E-state index in [1.165, 1.54) is 6.42 Å². The summed E-state index contributed by atoms with van der Waals surface area (Å²) in [6.45, 7) is 6.55. The predicted octanol–water partition coefficient (Wildman–Crippen LogP) is 4.01. The fraction of sp³-hybridized carbons (Fsp3) is 0.562. The lowest BCUT2D eigenvalue weighted by Crippen LogP contribution is -2.28. The Morgan fingerprint density at radius 3 is 2.44 bits per heavy atom. The number of carbonyl (C=O) groups excluding carboxylic acids is 1. The van der Waals surface area contributed by atoms with E-state index in [9.17, 15) is 4.79 Å². The molecule has 0 aliphatic heterocycles. The third kappa shape index (κ3) is 3.12. The minimum absolute atomic E-state index is 0.255. The molecule has 0 spiro atoms. The molecule has 2 unspecified atom stereocenters. The molecule has 0 aromatic heterocycles. The molecule has 1 aromatic carbocycles. The van der Waals surface area contributed by atoms with Crippen LogP contribution in [-0.2, 0) is 0 Å². The Kier molecular flexibility index (Phi) is 4.05. The molecule has 0 amide bonds. The van der Waals surface area contributed by atoms with Gasteiger partial charge in [0, 0.05) is 0 Å². The Labute approximate surface area is 109 Å². The summed E-state index contributed by atoms with van der Waals surface area (Å²) in [6.07, 6.45) is 4.62. The quantitative estimate of drug-likeness (QED) is 0.753. The summed E-state index contributed by atoms with van der Waals surface area (Å²) in [5.74, 6) is 2.16. The number of benzene rings is 1. The van der Waals surface area contributed by atoms with Gasteiger partial charge in [0.05, 0.1) is 11.7 Å². The van der Waals surface area contributed by atoms with Gasteiger partial charge in [0.2, 0.25) is 0 Å². The summed E-state index contributed by atoms with van der Waals surface area (Å²) in [5, 5.41) is 0. The molecule has 1 aliphatic rings. The topological polar surface area (TPSA) is 26.3 Å². The highest BCUT2D eigenvalue weighted by Gasteiger charge is 2.25. The van der Waals surface area contributed by atoms with Crippen molar-refractivity contribution in [3.8, 4) is 5.75 Å². The molecule has 2 atom stereocenters. The molecular formula is C16H22O2. The van der Waals surface area contributed by atoms with Gasteiger partial charge in [0.1, 0.15) is 5.75 Å². The first-order valence-corrected chi connectivity index (χ1v) is 6.81. The third-order valence-corrected chi connectivity index (χ3v) is 3.72. The van der Waals surface area contributed by atoms with Crippen molar-refractivity contribution in [2.24, 2.45) is 11.8 Å². The highest BCUT2D eigenvalue weighted by Crippen LogP contribution is 2.32. The van der Waals surface area contributed by atoms with Crippen LogP contribution in [0.25, 0.3) is 0 Å². The van der Waals surface area contributed by atoms with E-state index in [-0.39, 0.29) is 6.10 Å². The van der Waals surface area contributed by atoms with Gasteiger partial charge in [-0.3, -0.25) is 4.79 Å². The van der Waals surface area contributed by atoms with Crippen LogP contribution in [0, 0.1) is 18.8 Å². The summed E-state index contributed by atoms with van der Waals surface area (Å²) >= 11 is 0. The average Bonchev–Trinajstić information content (AvgIpc) is 2.30. The Morgan fingerprint density at radius 1 is 1.17 bits per heavy atom. The molecule has 0 heterocycles. The van der Waals surface area contributed by atoms with E-state index in [0.717, 1.165) is 30.4 Å². The fourth-order valence-corrected chi connectivity index (χ4v) is 3.02. The number of aryl methyl sites for hydroxylation is 1. The second kappa shape index (κ2) is 5.55. The lowest BCUT2D eigenvalue weighted by Gasteiger charge is -2.32. The summed E-state index contributed by atoms with van der Waals surface area (Å²) in [6, 6.07) is 5.80. The third-order valence-electron chi connectivity index (χ3n) is 3.72. The van der Waals surface area contributed by atoms with Crippen molar-refractivity contribution in [2.45, 2.75) is 46.1 Å². The Bertz CT molecular complexity index is 415. The molecule has 2 rings (SSSR count). The number of carbonyl (C=O) groups is 1. The predicted molar refractivity (Wildman–Crippen MR) is 73.2 cm³/mol. The maximum absolute atomic E-state index is 11.1. The van der Waals surface area contributed by atoms with Crippen molar-refractivity contribution in [1.82, 2.24) is 0 Å². The van der Waals surface area contributed by atoms with Crippen LogP contribution in [0.15, 0.2) is 18.2 Å². The second-order valence-corrected chi connectivity index (χ2v) is 5.82. The standard InChI is InChI=1S/C16H22O2/c1-11-4-5-16(14(7-11)10-17)18-15-8-12(2)6-13(3)9-15/h4-5,7,10,12-13,15H,6,8-9H2,1-3H3. The van der Waals surface area contributed by atoms with E-state index in [2.05, 4.69) is 13.8 Å². The molecule has 1 saturated carbocycles. The normalized spacial score (nSPS) is 27.8. The lowest BCUT2D eigenvalue weighted by molar-refractivity contribution is 0.0980. The van der Waals surface area contributed by atoms with E-state index < -0.39 is 0 Å². The van der Waals surface area contributed by atoms with Crippen molar-refractivity contribution >= 4 is 6.29 Å². The fourth-order valence-electron chi connectivity index (χ4n) is 3.02.